The van der Waals surface area contributed by atoms with Crippen LogP contribution >= 0.6 is 11.6 Å². The molecular weight excluding hydrogens is 396 g/mol. The average Bonchev–Trinajstić information content (AvgIpc) is 3.23. The zero-order valence-electron chi connectivity index (χ0n) is 16.4. The van der Waals surface area contributed by atoms with Crippen molar-refractivity contribution in [2.45, 2.75) is 13.5 Å². The maximum Gasteiger partial charge on any atom is 0.410 e. The number of aryl methyl sites for hydroxylation is 1. The van der Waals surface area contributed by atoms with Crippen molar-refractivity contribution < 1.29 is 14.3 Å². The van der Waals surface area contributed by atoms with Crippen LogP contribution in [-0.2, 0) is 11.3 Å². The Bertz CT molecular complexity index is 768. The number of nitrogens with zero attached hydrogens (tertiary/aromatic N) is 2. The summed E-state index contributed by atoms with van der Waals surface area (Å²) in [6, 6.07) is 5.43. The van der Waals surface area contributed by atoms with Crippen LogP contribution in [0.1, 0.15) is 11.1 Å². The molecule has 0 bridgehead atoms. The second-order valence-corrected chi connectivity index (χ2v) is 8.00. The third-order valence-electron chi connectivity index (χ3n) is 5.21. The zero-order valence-corrected chi connectivity index (χ0v) is 17.1. The van der Waals surface area contributed by atoms with E-state index in [2.05, 4.69) is 10.7 Å². The van der Waals surface area contributed by atoms with Gasteiger partial charge < -0.3 is 31.0 Å². The summed E-state index contributed by atoms with van der Waals surface area (Å²) in [4.78, 5) is 28.2. The molecule has 1 aromatic carbocycles. The smallest absolute Gasteiger partial charge is 0.410 e. The second-order valence-electron chi connectivity index (χ2n) is 7.57. The molecule has 0 aromatic heterocycles. The maximum absolute atomic E-state index is 12.4. The third kappa shape index (κ3) is 5.45. The SMILES string of the molecule is Cc1cc(Cl)cc(COC(=O)N2CC3CN(C(=O)NC/C(N)=C/NN)CC3C2)c1. The molecule has 2 unspecified atom stereocenters. The Morgan fingerprint density at radius 3 is 2.48 bits per heavy atom. The van der Waals surface area contributed by atoms with Crippen molar-refractivity contribution >= 4 is 23.7 Å². The molecule has 2 aliphatic heterocycles. The van der Waals surface area contributed by atoms with E-state index < -0.39 is 0 Å². The van der Waals surface area contributed by atoms with E-state index in [-0.39, 0.29) is 37.1 Å². The number of hydrogen-bond acceptors (Lipinski definition) is 6. The number of carbonyl (C=O) groups is 2. The average molecular weight is 423 g/mol. The van der Waals surface area contributed by atoms with Crippen molar-refractivity contribution in [2.75, 3.05) is 32.7 Å². The maximum atomic E-state index is 12.4. The first-order valence-corrected chi connectivity index (χ1v) is 9.84. The highest BCUT2D eigenvalue weighted by Crippen LogP contribution is 2.31. The topological polar surface area (TPSA) is 126 Å². The van der Waals surface area contributed by atoms with Gasteiger partial charge in [-0.1, -0.05) is 17.7 Å². The van der Waals surface area contributed by atoms with E-state index in [0.29, 0.717) is 36.9 Å². The number of carbonyl (C=O) groups excluding carboxylic acids is 2. The number of ether oxygens (including phenoxy) is 1. The van der Waals surface area contributed by atoms with Gasteiger partial charge in [0, 0.05) is 54.9 Å². The van der Waals surface area contributed by atoms with Gasteiger partial charge in [-0.3, -0.25) is 5.84 Å². The first-order chi connectivity index (χ1) is 13.9. The molecule has 2 aliphatic rings. The first kappa shape index (κ1) is 21.1. The lowest BCUT2D eigenvalue weighted by molar-refractivity contribution is 0.100. The Morgan fingerprint density at radius 2 is 1.86 bits per heavy atom. The van der Waals surface area contributed by atoms with Gasteiger partial charge in [0.15, 0.2) is 0 Å². The highest BCUT2D eigenvalue weighted by Gasteiger charge is 2.43. The molecule has 1 aromatic rings. The summed E-state index contributed by atoms with van der Waals surface area (Å²) < 4.78 is 5.45. The fraction of sp³-hybridized carbons (Fsp3) is 0.474. The summed E-state index contributed by atoms with van der Waals surface area (Å²) in [7, 11) is 0. The summed E-state index contributed by atoms with van der Waals surface area (Å²) in [6.07, 6.45) is 1.09. The third-order valence-corrected chi connectivity index (χ3v) is 5.43. The molecule has 2 saturated heterocycles. The van der Waals surface area contributed by atoms with Gasteiger partial charge in [0.1, 0.15) is 6.61 Å². The molecule has 2 fully saturated rings. The molecule has 3 rings (SSSR count). The summed E-state index contributed by atoms with van der Waals surface area (Å²) in [5.41, 5.74) is 10.3. The number of amides is 3. The molecule has 10 heteroatoms. The number of halogens is 1. The molecule has 0 saturated carbocycles. The Morgan fingerprint density at radius 1 is 1.21 bits per heavy atom. The highest BCUT2D eigenvalue weighted by molar-refractivity contribution is 6.30. The van der Waals surface area contributed by atoms with Crippen LogP contribution in [0.3, 0.4) is 0 Å². The summed E-state index contributed by atoms with van der Waals surface area (Å²) in [6.45, 7) is 4.73. The van der Waals surface area contributed by atoms with E-state index in [1.807, 2.05) is 19.1 Å². The van der Waals surface area contributed by atoms with Gasteiger partial charge in [-0.25, -0.2) is 9.59 Å². The van der Waals surface area contributed by atoms with Gasteiger partial charge >= 0.3 is 12.1 Å². The fourth-order valence-electron chi connectivity index (χ4n) is 3.89. The molecule has 158 valence electrons. The number of hydrogen-bond donors (Lipinski definition) is 4. The van der Waals surface area contributed by atoms with Crippen LogP contribution < -0.4 is 22.3 Å². The zero-order chi connectivity index (χ0) is 21.0. The van der Waals surface area contributed by atoms with E-state index >= 15 is 0 Å². The number of nitrogens with one attached hydrogen (secondary N) is 2. The van der Waals surface area contributed by atoms with Crippen molar-refractivity contribution in [1.82, 2.24) is 20.5 Å². The molecule has 2 atom stereocenters. The molecule has 0 radical (unpaired) electrons. The number of benzene rings is 1. The number of fused-ring (bicyclic) bond motifs is 1. The lowest BCUT2D eigenvalue weighted by atomic mass is 10.0. The van der Waals surface area contributed by atoms with Gasteiger partial charge in [0.05, 0.1) is 6.54 Å². The van der Waals surface area contributed by atoms with E-state index in [0.717, 1.165) is 11.1 Å². The highest BCUT2D eigenvalue weighted by atomic mass is 35.5. The van der Waals surface area contributed by atoms with Crippen LogP contribution in [0, 0.1) is 18.8 Å². The molecule has 2 heterocycles. The van der Waals surface area contributed by atoms with Crippen molar-refractivity contribution in [2.24, 2.45) is 23.4 Å². The first-order valence-electron chi connectivity index (χ1n) is 9.47. The number of rotatable bonds is 5. The lowest BCUT2D eigenvalue weighted by Gasteiger charge is -2.22. The normalized spacial score (nSPS) is 21.1. The lowest BCUT2D eigenvalue weighted by Crippen LogP contribution is -2.42. The van der Waals surface area contributed by atoms with Gasteiger partial charge in [0.2, 0.25) is 0 Å². The predicted molar refractivity (Wildman–Crippen MR) is 109 cm³/mol. The van der Waals surface area contributed by atoms with Gasteiger partial charge in [-0.2, -0.15) is 0 Å². The quantitative estimate of drug-likeness (QED) is 0.416. The van der Waals surface area contributed by atoms with Crippen LogP contribution in [0.15, 0.2) is 30.1 Å². The number of nitrogens with two attached hydrogens (primary N) is 2. The minimum atomic E-state index is -0.333. The van der Waals surface area contributed by atoms with E-state index in [1.54, 1.807) is 15.9 Å². The minimum Gasteiger partial charge on any atom is -0.445 e. The van der Waals surface area contributed by atoms with Gasteiger partial charge in [-0.15, -0.1) is 0 Å². The number of urea groups is 1. The van der Waals surface area contributed by atoms with Gasteiger partial charge in [-0.05, 0) is 30.2 Å². The Balaban J connectivity index is 1.44. The van der Waals surface area contributed by atoms with Crippen LogP contribution in [0.5, 0.6) is 0 Å². The van der Waals surface area contributed by atoms with Crippen LogP contribution in [-0.4, -0.2) is 54.6 Å². The molecule has 29 heavy (non-hydrogen) atoms. The predicted octanol–water partition coefficient (Wildman–Crippen LogP) is 1.12. The number of hydrazine groups is 1. The van der Waals surface area contributed by atoms with Crippen molar-refractivity contribution in [3.05, 3.63) is 46.2 Å². The Kier molecular flexibility index (Phi) is 6.71. The van der Waals surface area contributed by atoms with E-state index in [4.69, 9.17) is 27.9 Å². The molecule has 0 aliphatic carbocycles. The fourth-order valence-corrected chi connectivity index (χ4v) is 4.20. The molecule has 6 N–H and O–H groups in total. The largest absolute Gasteiger partial charge is 0.445 e. The monoisotopic (exact) mass is 422 g/mol. The van der Waals surface area contributed by atoms with E-state index in [9.17, 15) is 9.59 Å². The summed E-state index contributed by atoms with van der Waals surface area (Å²) in [5.74, 6) is 5.65. The second kappa shape index (κ2) is 9.23. The van der Waals surface area contributed by atoms with Crippen molar-refractivity contribution in [3.8, 4) is 0 Å². The summed E-state index contributed by atoms with van der Waals surface area (Å²) >= 11 is 6.04. The minimum absolute atomic E-state index is 0.168. The molecule has 3 amide bonds. The molecule has 0 spiro atoms. The summed E-state index contributed by atoms with van der Waals surface area (Å²) in [5, 5.41) is 3.39. The van der Waals surface area contributed by atoms with Crippen LogP contribution in [0.4, 0.5) is 9.59 Å². The van der Waals surface area contributed by atoms with Crippen molar-refractivity contribution in [1.29, 1.82) is 0 Å². The molecular formula is C19H27ClN6O3. The number of likely N-dealkylation sites (tertiary alicyclic amines) is 2. The van der Waals surface area contributed by atoms with Crippen molar-refractivity contribution in [3.63, 3.8) is 0 Å². The Hall–Kier alpha value is -2.65. The van der Waals surface area contributed by atoms with Gasteiger partial charge in [0.25, 0.3) is 0 Å². The van der Waals surface area contributed by atoms with Crippen LogP contribution in [0.2, 0.25) is 5.02 Å². The Labute approximate surface area is 174 Å². The van der Waals surface area contributed by atoms with E-state index in [1.165, 1.54) is 6.20 Å². The van der Waals surface area contributed by atoms with Crippen LogP contribution in [0.25, 0.3) is 0 Å². The molecule has 9 nitrogen and oxygen atoms in total. The standard InChI is InChI=1S/C19H27ClN6O3/c1-12-2-13(4-16(20)3-12)11-29-19(28)26-9-14-7-25(8-15(14)10-26)18(27)23-5-17(21)6-24-22/h2-4,6,14-15,24H,5,7-11,21-22H2,1H3,(H,23,27)/b17-6-.